The minimum atomic E-state index is 0.450. The largest absolute Gasteiger partial charge is 0.496 e. The molecule has 0 unspecified atom stereocenters. The van der Waals surface area contributed by atoms with Crippen LogP contribution in [0.25, 0.3) is 0 Å². The predicted octanol–water partition coefficient (Wildman–Crippen LogP) is 3.82. The van der Waals surface area contributed by atoms with E-state index < -0.39 is 0 Å². The highest BCUT2D eigenvalue weighted by molar-refractivity contribution is 6.11. The van der Waals surface area contributed by atoms with Crippen molar-refractivity contribution in [3.05, 3.63) is 65.7 Å². The second kappa shape index (κ2) is 8.71. The van der Waals surface area contributed by atoms with Crippen molar-refractivity contribution in [3.8, 4) is 11.5 Å². The monoisotopic (exact) mass is 377 g/mol. The Labute approximate surface area is 164 Å². The second-order valence-electron chi connectivity index (χ2n) is 6.49. The van der Waals surface area contributed by atoms with Gasteiger partial charge in [0.1, 0.15) is 18.1 Å². The molecule has 144 valence electrons. The summed E-state index contributed by atoms with van der Waals surface area (Å²) in [4.78, 5) is 9.24. The summed E-state index contributed by atoms with van der Waals surface area (Å²) in [5.41, 5.74) is 3.92. The molecule has 0 spiro atoms. The number of hydrogen-bond acceptors (Lipinski definition) is 6. The third kappa shape index (κ3) is 4.40. The molecule has 0 atom stereocenters. The van der Waals surface area contributed by atoms with Gasteiger partial charge in [0, 0.05) is 24.2 Å². The lowest BCUT2D eigenvalue weighted by molar-refractivity contribution is 0.146. The molecule has 2 aromatic carbocycles. The van der Waals surface area contributed by atoms with E-state index in [9.17, 15) is 0 Å². The Bertz CT molecular complexity index is 934. The van der Waals surface area contributed by atoms with Crippen LogP contribution in [-0.2, 0) is 11.3 Å². The van der Waals surface area contributed by atoms with E-state index in [-0.39, 0.29) is 0 Å². The molecule has 6 nitrogen and oxygen atoms in total. The number of guanidine groups is 1. The van der Waals surface area contributed by atoms with E-state index >= 15 is 0 Å². The summed E-state index contributed by atoms with van der Waals surface area (Å²) in [5.74, 6) is 2.22. The lowest BCUT2D eigenvalue weighted by atomic mass is 10.1. The Kier molecular flexibility index (Phi) is 5.68. The minimum Gasteiger partial charge on any atom is -0.496 e. The van der Waals surface area contributed by atoms with E-state index in [1.54, 1.807) is 7.11 Å². The zero-order valence-electron chi connectivity index (χ0n) is 15.9. The maximum absolute atomic E-state index is 5.82. The molecule has 4 rings (SSSR count). The first-order chi connectivity index (χ1) is 13.8. The maximum atomic E-state index is 5.82. The first-order valence-corrected chi connectivity index (χ1v) is 9.34. The van der Waals surface area contributed by atoms with Crippen LogP contribution >= 0.6 is 0 Å². The third-order valence-electron chi connectivity index (χ3n) is 4.54. The highest BCUT2D eigenvalue weighted by atomic mass is 16.5. The van der Waals surface area contributed by atoms with Gasteiger partial charge in [0.2, 0.25) is 5.96 Å². The van der Waals surface area contributed by atoms with Gasteiger partial charge in [-0.3, -0.25) is 4.99 Å². The minimum absolute atomic E-state index is 0.450. The van der Waals surface area contributed by atoms with Gasteiger partial charge in [-0.2, -0.15) is 0 Å². The Morgan fingerprint density at radius 1 is 1.07 bits per heavy atom. The molecule has 0 aliphatic carbocycles. The van der Waals surface area contributed by atoms with Crippen molar-refractivity contribution in [2.45, 2.75) is 13.0 Å². The number of hydrogen-bond donors (Lipinski definition) is 1. The van der Waals surface area contributed by atoms with Crippen LogP contribution in [0.4, 0.5) is 5.69 Å². The molecule has 1 N–H and O–H groups in total. The molecule has 0 saturated carbocycles. The quantitative estimate of drug-likeness (QED) is 0.768. The molecule has 28 heavy (non-hydrogen) atoms. The van der Waals surface area contributed by atoms with Gasteiger partial charge < -0.3 is 19.5 Å². The number of rotatable bonds is 1. The molecular weight excluding hydrogens is 354 g/mol. The van der Waals surface area contributed by atoms with E-state index in [4.69, 9.17) is 19.2 Å². The zero-order valence-corrected chi connectivity index (χ0v) is 15.9. The molecule has 2 heterocycles. The van der Waals surface area contributed by atoms with E-state index in [0.717, 1.165) is 40.4 Å². The summed E-state index contributed by atoms with van der Waals surface area (Å²) in [6.45, 7) is 2.14. The number of benzene rings is 2. The Hall–Kier alpha value is -3.12. The van der Waals surface area contributed by atoms with E-state index in [1.165, 1.54) is 0 Å². The fourth-order valence-electron chi connectivity index (χ4n) is 3.14. The number of ether oxygens (including phenoxy) is 3. The Morgan fingerprint density at radius 3 is 2.93 bits per heavy atom. The molecule has 2 aliphatic rings. The first kappa shape index (κ1) is 18.3. The van der Waals surface area contributed by atoms with Crippen LogP contribution in [0.5, 0.6) is 11.5 Å². The molecule has 6 bridgehead atoms. The van der Waals surface area contributed by atoms with Gasteiger partial charge in [-0.05, 0) is 42.0 Å². The summed E-state index contributed by atoms with van der Waals surface area (Å²) in [6, 6.07) is 13.9. The fourth-order valence-corrected chi connectivity index (χ4v) is 3.14. The number of fused-ring (bicyclic) bond motifs is 6. The topological polar surface area (TPSA) is 64.4 Å². The molecule has 0 fully saturated rings. The van der Waals surface area contributed by atoms with Gasteiger partial charge in [-0.25, -0.2) is 4.99 Å². The molecule has 0 radical (unpaired) electrons. The van der Waals surface area contributed by atoms with Gasteiger partial charge in [-0.15, -0.1) is 0 Å². The molecule has 2 aromatic rings. The summed E-state index contributed by atoms with van der Waals surface area (Å²) in [6.07, 6.45) is 4.72. The Morgan fingerprint density at radius 2 is 2.00 bits per heavy atom. The standard InChI is InChI=1S/C22H23N3O3/c1-26-21-8-7-18-13-17(21)15-27-11-2-3-12-28-19-6-4-5-16(14-19)20-9-10-23-22(24-18)25-20/h2-8,13-14H,9-12,15H2,1H3,(H,23,24)/b3-2+. The fraction of sp³-hybridized carbons (Fsp3) is 0.273. The number of methoxy groups -OCH3 is 1. The van der Waals surface area contributed by atoms with Crippen molar-refractivity contribution in [3.63, 3.8) is 0 Å². The van der Waals surface area contributed by atoms with Crippen LogP contribution in [-0.4, -0.2) is 38.5 Å². The van der Waals surface area contributed by atoms with Gasteiger partial charge in [0.15, 0.2) is 0 Å². The maximum Gasteiger partial charge on any atom is 0.222 e. The van der Waals surface area contributed by atoms with Gasteiger partial charge in [0.05, 0.1) is 26.0 Å². The summed E-state index contributed by atoms with van der Waals surface area (Å²) >= 11 is 0. The Balaban J connectivity index is 1.67. The number of anilines is 1. The van der Waals surface area contributed by atoms with Gasteiger partial charge >= 0.3 is 0 Å². The van der Waals surface area contributed by atoms with Crippen LogP contribution in [0.2, 0.25) is 0 Å². The van der Waals surface area contributed by atoms with Crippen LogP contribution < -0.4 is 14.8 Å². The summed E-state index contributed by atoms with van der Waals surface area (Å²) in [5, 5.41) is 3.31. The van der Waals surface area contributed by atoms with Crippen molar-refractivity contribution in [1.29, 1.82) is 0 Å². The van der Waals surface area contributed by atoms with Gasteiger partial charge in [-0.1, -0.05) is 18.2 Å². The van der Waals surface area contributed by atoms with Crippen LogP contribution in [0.15, 0.2) is 64.6 Å². The highest BCUT2D eigenvalue weighted by Gasteiger charge is 2.13. The molecular formula is C22H23N3O3. The summed E-state index contributed by atoms with van der Waals surface area (Å²) in [7, 11) is 1.66. The molecule has 6 heteroatoms. The smallest absolute Gasteiger partial charge is 0.222 e. The normalized spacial score (nSPS) is 17.9. The summed E-state index contributed by atoms with van der Waals surface area (Å²) < 4.78 is 17.0. The molecule has 2 aliphatic heterocycles. The lowest BCUT2D eigenvalue weighted by Gasteiger charge is -2.16. The van der Waals surface area contributed by atoms with Crippen molar-refractivity contribution in [2.24, 2.45) is 9.98 Å². The van der Waals surface area contributed by atoms with E-state index in [0.29, 0.717) is 32.3 Å². The van der Waals surface area contributed by atoms with Crippen molar-refractivity contribution < 1.29 is 14.2 Å². The number of aliphatic imine (C=N–C) groups is 2. The second-order valence-corrected chi connectivity index (χ2v) is 6.49. The molecule has 0 saturated heterocycles. The van der Waals surface area contributed by atoms with Crippen molar-refractivity contribution in [2.75, 3.05) is 32.2 Å². The van der Waals surface area contributed by atoms with Crippen LogP contribution in [0, 0.1) is 0 Å². The predicted molar refractivity (Wildman–Crippen MR) is 111 cm³/mol. The van der Waals surface area contributed by atoms with E-state index in [1.807, 2.05) is 48.6 Å². The number of nitrogens with zero attached hydrogens (tertiary/aromatic N) is 2. The number of nitrogens with one attached hydrogen (secondary N) is 1. The van der Waals surface area contributed by atoms with Crippen molar-refractivity contribution >= 4 is 17.4 Å². The average molecular weight is 377 g/mol. The zero-order chi connectivity index (χ0) is 19.2. The SMILES string of the molecule is COc1ccc2cc1COC/C=C/COc1cccc(c1)C1=NC(=NCC1)N2. The molecule has 0 amide bonds. The average Bonchev–Trinajstić information content (AvgIpc) is 2.73. The first-order valence-electron chi connectivity index (χ1n) is 9.34. The third-order valence-corrected chi connectivity index (χ3v) is 4.54. The highest BCUT2D eigenvalue weighted by Crippen LogP contribution is 2.24. The van der Waals surface area contributed by atoms with E-state index in [2.05, 4.69) is 16.4 Å². The van der Waals surface area contributed by atoms with Crippen LogP contribution in [0.3, 0.4) is 0 Å². The lowest BCUT2D eigenvalue weighted by Crippen LogP contribution is -2.19. The van der Waals surface area contributed by atoms with Gasteiger partial charge in [0.25, 0.3) is 0 Å². The van der Waals surface area contributed by atoms with Crippen molar-refractivity contribution in [1.82, 2.24) is 0 Å². The molecule has 0 aromatic heterocycles. The van der Waals surface area contributed by atoms with Crippen LogP contribution in [0.1, 0.15) is 17.5 Å².